The fourth-order valence-electron chi connectivity index (χ4n) is 3.85. The summed E-state index contributed by atoms with van der Waals surface area (Å²) in [5.41, 5.74) is 0.911. The van der Waals surface area contributed by atoms with Gasteiger partial charge in [-0.2, -0.15) is 0 Å². The topological polar surface area (TPSA) is 21.3 Å². The molecule has 2 atom stereocenters. The van der Waals surface area contributed by atoms with Crippen molar-refractivity contribution in [2.75, 3.05) is 6.54 Å². The van der Waals surface area contributed by atoms with Crippen LogP contribution in [0.5, 0.6) is 0 Å². The number of hydrogen-bond acceptors (Lipinski definition) is 2. The molecule has 21 heavy (non-hydrogen) atoms. The zero-order valence-corrected chi connectivity index (χ0v) is 12.9. The molecule has 1 aromatic rings. The molecule has 3 heteroatoms. The summed E-state index contributed by atoms with van der Waals surface area (Å²) in [5, 5.41) is 3.44. The fourth-order valence-corrected chi connectivity index (χ4v) is 3.85. The Morgan fingerprint density at radius 2 is 2.00 bits per heavy atom. The fraction of sp³-hybridized carbons (Fsp3) is 0.667. The van der Waals surface area contributed by atoms with Gasteiger partial charge in [0, 0.05) is 18.2 Å². The molecule has 1 heterocycles. The van der Waals surface area contributed by atoms with Crippen LogP contribution in [0.4, 0.5) is 4.39 Å². The summed E-state index contributed by atoms with van der Waals surface area (Å²) in [6.45, 7) is 2.83. The van der Waals surface area contributed by atoms with Crippen molar-refractivity contribution in [2.45, 2.75) is 69.6 Å². The molecular formula is C18H26FNO. The first-order valence-corrected chi connectivity index (χ1v) is 8.34. The monoisotopic (exact) mass is 291 g/mol. The van der Waals surface area contributed by atoms with Crippen molar-refractivity contribution in [1.82, 2.24) is 5.32 Å². The molecule has 1 aliphatic heterocycles. The number of halogens is 1. The second-order valence-corrected chi connectivity index (χ2v) is 6.67. The molecule has 0 amide bonds. The van der Waals surface area contributed by atoms with Gasteiger partial charge in [0.05, 0.1) is 11.7 Å². The highest BCUT2D eigenvalue weighted by Crippen LogP contribution is 2.41. The maximum Gasteiger partial charge on any atom is 0.127 e. The van der Waals surface area contributed by atoms with Gasteiger partial charge in [0.25, 0.3) is 0 Å². The summed E-state index contributed by atoms with van der Waals surface area (Å²) >= 11 is 0. The molecule has 1 aliphatic carbocycles. The van der Waals surface area contributed by atoms with Gasteiger partial charge in [-0.05, 0) is 38.7 Å². The van der Waals surface area contributed by atoms with Crippen molar-refractivity contribution >= 4 is 0 Å². The number of nitrogens with one attached hydrogen (secondary N) is 1. The molecule has 2 fully saturated rings. The van der Waals surface area contributed by atoms with Gasteiger partial charge in [0.1, 0.15) is 5.82 Å². The SMILES string of the molecule is C[C@@H](NCC1CCC2(CCCCC2)O1)c1ccccc1F. The van der Waals surface area contributed by atoms with E-state index in [-0.39, 0.29) is 23.6 Å². The second-order valence-electron chi connectivity index (χ2n) is 6.67. The van der Waals surface area contributed by atoms with Crippen molar-refractivity contribution < 1.29 is 9.13 Å². The maximum absolute atomic E-state index is 13.8. The maximum atomic E-state index is 13.8. The third kappa shape index (κ3) is 3.46. The van der Waals surface area contributed by atoms with E-state index in [2.05, 4.69) is 5.32 Å². The first-order chi connectivity index (χ1) is 10.2. The molecule has 0 bridgehead atoms. The van der Waals surface area contributed by atoms with Gasteiger partial charge >= 0.3 is 0 Å². The highest BCUT2D eigenvalue weighted by Gasteiger charge is 2.40. The van der Waals surface area contributed by atoms with Gasteiger partial charge in [0.2, 0.25) is 0 Å². The minimum absolute atomic E-state index is 0.0257. The molecule has 2 aliphatic rings. The third-order valence-electron chi connectivity index (χ3n) is 5.13. The highest BCUT2D eigenvalue weighted by molar-refractivity contribution is 5.20. The molecule has 1 saturated heterocycles. The number of ether oxygens (including phenoxy) is 1. The van der Waals surface area contributed by atoms with E-state index < -0.39 is 0 Å². The Hall–Kier alpha value is -0.930. The molecule has 1 aromatic carbocycles. The summed E-state index contributed by atoms with van der Waals surface area (Å²) in [7, 11) is 0. The lowest BCUT2D eigenvalue weighted by Crippen LogP contribution is -2.35. The molecule has 116 valence electrons. The molecule has 2 nitrogen and oxygen atoms in total. The summed E-state index contributed by atoms with van der Waals surface area (Å²) in [6, 6.07) is 7.03. The number of rotatable bonds is 4. The smallest absolute Gasteiger partial charge is 0.127 e. The van der Waals surface area contributed by atoms with Gasteiger partial charge in [-0.15, -0.1) is 0 Å². The third-order valence-corrected chi connectivity index (χ3v) is 5.13. The summed E-state index contributed by atoms with van der Waals surface area (Å²) in [4.78, 5) is 0. The van der Waals surface area contributed by atoms with Gasteiger partial charge in [-0.1, -0.05) is 37.5 Å². The van der Waals surface area contributed by atoms with E-state index in [1.54, 1.807) is 6.07 Å². The van der Waals surface area contributed by atoms with Crippen LogP contribution in [0.25, 0.3) is 0 Å². The Bertz CT molecular complexity index is 470. The molecule has 1 spiro atoms. The van der Waals surface area contributed by atoms with Crippen molar-refractivity contribution in [3.8, 4) is 0 Å². The second kappa shape index (κ2) is 6.45. The first-order valence-electron chi connectivity index (χ1n) is 8.34. The van der Waals surface area contributed by atoms with Crippen molar-refractivity contribution in [1.29, 1.82) is 0 Å². The highest BCUT2D eigenvalue weighted by atomic mass is 19.1. The predicted molar refractivity (Wildman–Crippen MR) is 82.7 cm³/mol. The quantitative estimate of drug-likeness (QED) is 0.890. The lowest BCUT2D eigenvalue weighted by atomic mass is 9.83. The summed E-state index contributed by atoms with van der Waals surface area (Å²) in [6.07, 6.45) is 9.07. The molecule has 1 saturated carbocycles. The van der Waals surface area contributed by atoms with E-state index in [1.165, 1.54) is 44.6 Å². The van der Waals surface area contributed by atoms with Crippen molar-refractivity contribution in [3.63, 3.8) is 0 Å². The van der Waals surface area contributed by atoms with Crippen LogP contribution in [0.15, 0.2) is 24.3 Å². The zero-order chi connectivity index (χ0) is 14.7. The van der Waals surface area contributed by atoms with Gasteiger partial charge < -0.3 is 10.1 Å². The van der Waals surface area contributed by atoms with Crippen LogP contribution in [-0.2, 0) is 4.74 Å². The van der Waals surface area contributed by atoms with Crippen molar-refractivity contribution in [2.24, 2.45) is 0 Å². The number of benzene rings is 1. The van der Waals surface area contributed by atoms with E-state index >= 15 is 0 Å². The molecule has 1 N–H and O–H groups in total. The minimum atomic E-state index is -0.131. The van der Waals surface area contributed by atoms with Gasteiger partial charge in [-0.3, -0.25) is 0 Å². The Labute approximate surface area is 127 Å². The van der Waals surface area contributed by atoms with E-state index in [0.29, 0.717) is 0 Å². The average molecular weight is 291 g/mol. The molecule has 0 radical (unpaired) electrons. The van der Waals surface area contributed by atoms with E-state index in [0.717, 1.165) is 18.5 Å². The zero-order valence-electron chi connectivity index (χ0n) is 12.9. The van der Waals surface area contributed by atoms with Crippen LogP contribution in [0.1, 0.15) is 63.5 Å². The minimum Gasteiger partial charge on any atom is -0.370 e. The van der Waals surface area contributed by atoms with Crippen LogP contribution in [0.2, 0.25) is 0 Å². The Kier molecular flexibility index (Phi) is 4.60. The first kappa shape index (κ1) is 15.0. The molecule has 0 aromatic heterocycles. The van der Waals surface area contributed by atoms with E-state index in [4.69, 9.17) is 4.74 Å². The molecule has 3 rings (SSSR count). The van der Waals surface area contributed by atoms with Crippen LogP contribution in [0, 0.1) is 5.82 Å². The van der Waals surface area contributed by atoms with Crippen LogP contribution in [0.3, 0.4) is 0 Å². The number of hydrogen-bond donors (Lipinski definition) is 1. The average Bonchev–Trinajstić information content (AvgIpc) is 2.89. The van der Waals surface area contributed by atoms with Crippen molar-refractivity contribution in [3.05, 3.63) is 35.6 Å². The largest absolute Gasteiger partial charge is 0.370 e. The molecular weight excluding hydrogens is 265 g/mol. The van der Waals surface area contributed by atoms with Crippen LogP contribution in [-0.4, -0.2) is 18.2 Å². The Morgan fingerprint density at radius 3 is 2.76 bits per heavy atom. The standard InChI is InChI=1S/C18H26FNO/c1-14(16-7-3-4-8-17(16)19)20-13-15-9-12-18(21-15)10-5-2-6-11-18/h3-4,7-8,14-15,20H,2,5-6,9-13H2,1H3/t14-,15?/m1/s1. The lowest BCUT2D eigenvalue weighted by molar-refractivity contribution is -0.0628. The lowest BCUT2D eigenvalue weighted by Gasteiger charge is -2.33. The normalized spacial score (nSPS) is 26.1. The van der Waals surface area contributed by atoms with Gasteiger partial charge in [0.15, 0.2) is 0 Å². The summed E-state index contributed by atoms with van der Waals surface area (Å²) < 4.78 is 20.1. The van der Waals surface area contributed by atoms with Crippen LogP contribution >= 0.6 is 0 Å². The molecule has 1 unspecified atom stereocenters. The van der Waals surface area contributed by atoms with Gasteiger partial charge in [-0.25, -0.2) is 4.39 Å². The Morgan fingerprint density at radius 1 is 1.24 bits per heavy atom. The summed E-state index contributed by atoms with van der Waals surface area (Å²) in [5.74, 6) is -0.131. The Balaban J connectivity index is 1.51. The predicted octanol–water partition coefficient (Wildman–Crippen LogP) is 4.36. The van der Waals surface area contributed by atoms with E-state index in [1.807, 2.05) is 19.1 Å². The van der Waals surface area contributed by atoms with E-state index in [9.17, 15) is 4.39 Å². The van der Waals surface area contributed by atoms with Crippen LogP contribution < -0.4 is 5.32 Å².